The summed E-state index contributed by atoms with van der Waals surface area (Å²) in [5, 5.41) is 6.01. The standard InChI is InChI=1S/C30H37N3O6/c1-19(20-6-4-3-5-7-20)31-28(34)17-23-9-10-25-27(39-23)18-38-26-11-8-22(16-24(26)30(36)33(25)2)32-29(35)21-12-14-37-15-13-21/h3-8,11,16,19,21,23,25,27H,9-10,12-15,17-18H2,1-2H3,(H,31,34)(H,32,35)/t19-,23+,25-,27+/m0/s1. The fraction of sp³-hybridized carbons (Fsp3) is 0.500. The number of carbonyl (C=O) groups is 3. The van der Waals surface area contributed by atoms with Crippen molar-refractivity contribution in [1.82, 2.24) is 10.2 Å². The van der Waals surface area contributed by atoms with Crippen LogP contribution >= 0.6 is 0 Å². The van der Waals surface area contributed by atoms with Gasteiger partial charge >= 0.3 is 0 Å². The first-order chi connectivity index (χ1) is 18.9. The fourth-order valence-corrected chi connectivity index (χ4v) is 5.64. The summed E-state index contributed by atoms with van der Waals surface area (Å²) in [6, 6.07) is 14.8. The molecule has 9 heteroatoms. The van der Waals surface area contributed by atoms with Crippen LogP contribution in [0.2, 0.25) is 0 Å². The van der Waals surface area contributed by atoms with Crippen LogP contribution in [0.25, 0.3) is 0 Å². The number of amides is 3. The van der Waals surface area contributed by atoms with Gasteiger partial charge in [0.1, 0.15) is 18.5 Å². The predicted octanol–water partition coefficient (Wildman–Crippen LogP) is 3.70. The molecule has 2 fully saturated rings. The van der Waals surface area contributed by atoms with Crippen LogP contribution < -0.4 is 15.4 Å². The van der Waals surface area contributed by atoms with Crippen LogP contribution in [-0.2, 0) is 19.1 Å². The predicted molar refractivity (Wildman–Crippen MR) is 146 cm³/mol. The van der Waals surface area contributed by atoms with Gasteiger partial charge in [0.05, 0.1) is 30.2 Å². The number of hydrogen-bond acceptors (Lipinski definition) is 6. The van der Waals surface area contributed by atoms with Gasteiger partial charge in [0.25, 0.3) is 5.91 Å². The molecule has 39 heavy (non-hydrogen) atoms. The highest BCUT2D eigenvalue weighted by atomic mass is 16.5. The molecule has 0 bridgehead atoms. The third-order valence-corrected chi connectivity index (χ3v) is 7.96. The smallest absolute Gasteiger partial charge is 0.257 e. The van der Waals surface area contributed by atoms with Gasteiger partial charge in [-0.2, -0.15) is 0 Å². The molecule has 0 aliphatic carbocycles. The second-order valence-electron chi connectivity index (χ2n) is 10.7. The summed E-state index contributed by atoms with van der Waals surface area (Å²) in [6.07, 6.45) is 2.42. The van der Waals surface area contributed by atoms with Crippen molar-refractivity contribution in [2.24, 2.45) is 5.92 Å². The lowest BCUT2D eigenvalue weighted by Crippen LogP contribution is -2.54. The van der Waals surface area contributed by atoms with E-state index in [1.165, 1.54) is 0 Å². The SMILES string of the molecule is C[C@H](NC(=O)C[C@H]1CC[C@H]2[C@@H](COc3ccc(NC(=O)C4CCOCC4)cc3C(=O)N2C)O1)c1ccccc1. The number of rotatable bonds is 6. The number of ether oxygens (including phenoxy) is 3. The molecule has 9 nitrogen and oxygen atoms in total. The van der Waals surface area contributed by atoms with Crippen molar-refractivity contribution in [3.8, 4) is 5.75 Å². The highest BCUT2D eigenvalue weighted by Crippen LogP contribution is 2.33. The molecule has 0 radical (unpaired) electrons. The van der Waals surface area contributed by atoms with E-state index in [0.717, 1.165) is 5.56 Å². The number of likely N-dealkylation sites (N-methyl/N-ethyl adjacent to an activating group) is 1. The second-order valence-corrected chi connectivity index (χ2v) is 10.7. The van der Waals surface area contributed by atoms with Crippen molar-refractivity contribution in [3.05, 3.63) is 59.7 Å². The van der Waals surface area contributed by atoms with Crippen LogP contribution in [0.4, 0.5) is 5.69 Å². The quantitative estimate of drug-likeness (QED) is 0.584. The van der Waals surface area contributed by atoms with E-state index in [4.69, 9.17) is 14.2 Å². The molecular weight excluding hydrogens is 498 g/mol. The van der Waals surface area contributed by atoms with E-state index in [2.05, 4.69) is 10.6 Å². The van der Waals surface area contributed by atoms with E-state index < -0.39 is 0 Å². The van der Waals surface area contributed by atoms with Crippen molar-refractivity contribution < 1.29 is 28.6 Å². The maximum atomic E-state index is 13.5. The highest BCUT2D eigenvalue weighted by Gasteiger charge is 2.39. The zero-order valence-electron chi connectivity index (χ0n) is 22.6. The number of fused-ring (bicyclic) bond motifs is 2. The fourth-order valence-electron chi connectivity index (χ4n) is 5.64. The Bertz CT molecular complexity index is 1180. The molecule has 0 unspecified atom stereocenters. The van der Waals surface area contributed by atoms with Gasteiger partial charge in [-0.1, -0.05) is 30.3 Å². The van der Waals surface area contributed by atoms with Crippen LogP contribution in [0, 0.1) is 5.92 Å². The molecule has 4 atom stereocenters. The molecule has 2 saturated heterocycles. The number of nitrogens with zero attached hydrogens (tertiary/aromatic N) is 1. The molecule has 5 rings (SSSR count). The maximum absolute atomic E-state index is 13.5. The van der Waals surface area contributed by atoms with E-state index in [0.29, 0.717) is 55.9 Å². The van der Waals surface area contributed by atoms with Crippen LogP contribution in [-0.4, -0.2) is 67.7 Å². The van der Waals surface area contributed by atoms with Crippen molar-refractivity contribution in [2.45, 2.75) is 63.3 Å². The largest absolute Gasteiger partial charge is 0.490 e. The zero-order chi connectivity index (χ0) is 27.4. The van der Waals surface area contributed by atoms with E-state index in [9.17, 15) is 14.4 Å². The normalized spacial score (nSPS) is 24.3. The summed E-state index contributed by atoms with van der Waals surface area (Å²) < 4.78 is 17.7. The summed E-state index contributed by atoms with van der Waals surface area (Å²) >= 11 is 0. The molecule has 3 aliphatic heterocycles. The Morgan fingerprint density at radius 3 is 2.59 bits per heavy atom. The highest BCUT2D eigenvalue weighted by molar-refractivity contribution is 6.00. The first kappa shape index (κ1) is 27.1. The molecular formula is C30H37N3O6. The molecule has 3 heterocycles. The van der Waals surface area contributed by atoms with Crippen LogP contribution in [0.3, 0.4) is 0 Å². The van der Waals surface area contributed by atoms with Crippen LogP contribution in [0.15, 0.2) is 48.5 Å². The maximum Gasteiger partial charge on any atom is 0.257 e. The molecule has 208 valence electrons. The van der Waals surface area contributed by atoms with Crippen molar-refractivity contribution in [2.75, 3.05) is 32.2 Å². The van der Waals surface area contributed by atoms with Gasteiger partial charge in [0.15, 0.2) is 0 Å². The number of carbonyl (C=O) groups excluding carboxylic acids is 3. The van der Waals surface area contributed by atoms with E-state index in [-0.39, 0.29) is 61.0 Å². The van der Waals surface area contributed by atoms with E-state index in [1.54, 1.807) is 30.1 Å². The van der Waals surface area contributed by atoms with Crippen molar-refractivity contribution in [1.29, 1.82) is 0 Å². The summed E-state index contributed by atoms with van der Waals surface area (Å²) in [4.78, 5) is 40.6. The number of benzene rings is 2. The molecule has 2 N–H and O–H groups in total. The number of nitrogens with one attached hydrogen (secondary N) is 2. The van der Waals surface area contributed by atoms with Gasteiger partial charge < -0.3 is 29.7 Å². The van der Waals surface area contributed by atoms with Gasteiger partial charge in [-0.25, -0.2) is 0 Å². The minimum atomic E-state index is -0.349. The van der Waals surface area contributed by atoms with E-state index in [1.807, 2.05) is 37.3 Å². The lowest BCUT2D eigenvalue weighted by Gasteiger charge is -2.42. The Morgan fingerprint density at radius 2 is 1.82 bits per heavy atom. The summed E-state index contributed by atoms with van der Waals surface area (Å²) in [7, 11) is 1.78. The van der Waals surface area contributed by atoms with Crippen molar-refractivity contribution >= 4 is 23.4 Å². The van der Waals surface area contributed by atoms with Crippen LogP contribution in [0.1, 0.15) is 61.0 Å². The molecule has 0 aromatic heterocycles. The summed E-state index contributed by atoms with van der Waals surface area (Å²) in [5.74, 6) is 0.0615. The minimum Gasteiger partial charge on any atom is -0.490 e. The average Bonchev–Trinajstić information content (AvgIpc) is 2.96. The van der Waals surface area contributed by atoms with Gasteiger partial charge in [0.2, 0.25) is 11.8 Å². The molecule has 2 aromatic rings. The third-order valence-electron chi connectivity index (χ3n) is 7.96. The zero-order valence-corrected chi connectivity index (χ0v) is 22.6. The van der Waals surface area contributed by atoms with Gasteiger partial charge in [-0.15, -0.1) is 0 Å². The van der Waals surface area contributed by atoms with Crippen LogP contribution in [0.5, 0.6) is 5.75 Å². The number of hydrogen-bond donors (Lipinski definition) is 2. The monoisotopic (exact) mass is 535 g/mol. The van der Waals surface area contributed by atoms with E-state index >= 15 is 0 Å². The Hall–Kier alpha value is -3.43. The molecule has 3 aliphatic rings. The topological polar surface area (TPSA) is 106 Å². The van der Waals surface area contributed by atoms with Gasteiger partial charge in [-0.3, -0.25) is 14.4 Å². The lowest BCUT2D eigenvalue weighted by molar-refractivity contribution is -0.134. The Labute approximate surface area is 229 Å². The average molecular weight is 536 g/mol. The van der Waals surface area contributed by atoms with Gasteiger partial charge in [-0.05, 0) is 56.4 Å². The molecule has 2 aromatic carbocycles. The Balaban J connectivity index is 1.21. The Morgan fingerprint density at radius 1 is 1.05 bits per heavy atom. The molecule has 3 amide bonds. The second kappa shape index (κ2) is 12.2. The molecule has 0 saturated carbocycles. The first-order valence-electron chi connectivity index (χ1n) is 13.8. The number of anilines is 1. The minimum absolute atomic E-state index is 0.0557. The third kappa shape index (κ3) is 6.42. The lowest BCUT2D eigenvalue weighted by atomic mass is 9.94. The summed E-state index contributed by atoms with van der Waals surface area (Å²) in [6.45, 7) is 3.40. The van der Waals surface area contributed by atoms with Gasteiger partial charge in [0, 0.05) is 31.9 Å². The Kier molecular flexibility index (Phi) is 8.47. The van der Waals surface area contributed by atoms with Crippen molar-refractivity contribution in [3.63, 3.8) is 0 Å². The first-order valence-corrected chi connectivity index (χ1v) is 13.8. The summed E-state index contributed by atoms with van der Waals surface area (Å²) in [5.41, 5.74) is 2.04. The molecule has 0 spiro atoms.